The minimum atomic E-state index is -2.92. The maximum absolute atomic E-state index is 12.6. The van der Waals surface area contributed by atoms with Crippen LogP contribution < -0.4 is 24.4 Å². The molecule has 2 rings (SSSR count). The molecule has 1 amide bonds. The summed E-state index contributed by atoms with van der Waals surface area (Å²) >= 11 is 0. The second-order valence-electron chi connectivity index (χ2n) is 6.30. The van der Waals surface area contributed by atoms with Crippen molar-refractivity contribution in [3.8, 4) is 17.2 Å². The normalized spacial score (nSPS) is 13.0. The molecule has 0 fully saturated rings. The maximum atomic E-state index is 12.6. The first kappa shape index (κ1) is 21.4. The van der Waals surface area contributed by atoms with E-state index in [1.807, 2.05) is 26.1 Å². The van der Waals surface area contributed by atoms with Crippen molar-refractivity contribution in [2.45, 2.75) is 26.1 Å². The van der Waals surface area contributed by atoms with Crippen LogP contribution in [0.5, 0.6) is 17.2 Å². The van der Waals surface area contributed by atoms with Crippen LogP contribution in [0.4, 0.5) is 14.5 Å². The van der Waals surface area contributed by atoms with Gasteiger partial charge in [0.05, 0.1) is 27.0 Å². The summed E-state index contributed by atoms with van der Waals surface area (Å²) < 4.78 is 39.7. The van der Waals surface area contributed by atoms with E-state index < -0.39 is 6.61 Å². The average Bonchev–Trinajstić information content (AvgIpc) is 2.68. The molecule has 2 aromatic carbocycles. The topological polar surface area (TPSA) is 61.2 Å². The Morgan fingerprint density at radius 2 is 1.75 bits per heavy atom. The maximum Gasteiger partial charge on any atom is 0.387 e. The van der Waals surface area contributed by atoms with E-state index in [1.54, 1.807) is 31.4 Å². The predicted molar refractivity (Wildman–Crippen MR) is 101 cm³/mol. The van der Waals surface area contributed by atoms with Gasteiger partial charge >= 0.3 is 6.61 Å². The van der Waals surface area contributed by atoms with Gasteiger partial charge in [0.2, 0.25) is 0 Å². The number of nitrogens with one attached hydrogen (secondary N) is 2. The zero-order valence-electron chi connectivity index (χ0n) is 16.3. The van der Waals surface area contributed by atoms with Crippen LogP contribution in [-0.4, -0.2) is 39.8 Å². The third kappa shape index (κ3) is 5.56. The quantitative estimate of drug-likeness (QED) is 0.684. The third-order valence-electron chi connectivity index (χ3n) is 4.42. The molecule has 28 heavy (non-hydrogen) atoms. The molecule has 1 unspecified atom stereocenters. The number of alkyl halides is 2. The van der Waals surface area contributed by atoms with Crippen LogP contribution in [0.1, 0.15) is 12.5 Å². The van der Waals surface area contributed by atoms with Crippen LogP contribution >= 0.6 is 0 Å². The standard InChI is InChI=1S/C20H24F2N2O4/c1-13(19(25)23-15-7-5-6-8-16(15)26-3)24(2)12-14-9-10-17(28-20(21)22)18(11-14)27-4/h5-11,13,20H,12H2,1-4H3,(H,23,25)/p+1/t13-/m1/s1. The van der Waals surface area contributed by atoms with E-state index in [2.05, 4.69) is 10.1 Å². The van der Waals surface area contributed by atoms with Crippen molar-refractivity contribution in [1.29, 1.82) is 0 Å². The number of hydrogen-bond donors (Lipinski definition) is 2. The molecule has 0 radical (unpaired) electrons. The number of anilines is 1. The van der Waals surface area contributed by atoms with Crippen LogP contribution in [0, 0.1) is 0 Å². The number of amides is 1. The Morgan fingerprint density at radius 1 is 1.07 bits per heavy atom. The first-order chi connectivity index (χ1) is 13.3. The van der Waals surface area contributed by atoms with Gasteiger partial charge in [-0.2, -0.15) is 8.78 Å². The molecule has 0 spiro atoms. The highest BCUT2D eigenvalue weighted by molar-refractivity contribution is 5.94. The first-order valence-corrected chi connectivity index (χ1v) is 8.73. The molecule has 2 aromatic rings. The monoisotopic (exact) mass is 395 g/mol. The molecule has 0 aromatic heterocycles. The van der Waals surface area contributed by atoms with Crippen molar-refractivity contribution in [1.82, 2.24) is 0 Å². The van der Waals surface area contributed by atoms with Crippen LogP contribution in [0.2, 0.25) is 0 Å². The highest BCUT2D eigenvalue weighted by Gasteiger charge is 2.23. The van der Waals surface area contributed by atoms with Gasteiger partial charge in [0, 0.05) is 5.56 Å². The number of rotatable bonds is 9. The number of hydrogen-bond acceptors (Lipinski definition) is 4. The summed E-state index contributed by atoms with van der Waals surface area (Å²) in [6.45, 7) is -0.621. The van der Waals surface area contributed by atoms with Gasteiger partial charge < -0.3 is 24.4 Å². The van der Waals surface area contributed by atoms with E-state index in [4.69, 9.17) is 9.47 Å². The second kappa shape index (κ2) is 9.89. The SMILES string of the molecule is COc1ccccc1NC(=O)[C@@H](C)[NH+](C)Cc1ccc(OC(F)F)c(OC)c1. The van der Waals surface area contributed by atoms with E-state index in [0.717, 1.165) is 10.5 Å². The molecule has 0 saturated carbocycles. The second-order valence-corrected chi connectivity index (χ2v) is 6.30. The first-order valence-electron chi connectivity index (χ1n) is 8.73. The minimum absolute atomic E-state index is 0.0270. The molecular formula is C20H25F2N2O4+. The summed E-state index contributed by atoms with van der Waals surface area (Å²) in [7, 11) is 4.81. The van der Waals surface area contributed by atoms with Gasteiger partial charge in [0.25, 0.3) is 5.91 Å². The number of para-hydroxylation sites is 2. The van der Waals surface area contributed by atoms with Gasteiger partial charge in [0.1, 0.15) is 12.3 Å². The lowest BCUT2D eigenvalue weighted by Crippen LogP contribution is -3.12. The summed E-state index contributed by atoms with van der Waals surface area (Å²) in [5.41, 5.74) is 1.43. The Labute approximate surface area is 163 Å². The van der Waals surface area contributed by atoms with E-state index in [-0.39, 0.29) is 23.4 Å². The smallest absolute Gasteiger partial charge is 0.387 e. The summed E-state index contributed by atoms with van der Waals surface area (Å²) in [5.74, 6) is 0.615. The van der Waals surface area contributed by atoms with Crippen LogP contribution in [0.15, 0.2) is 42.5 Å². The number of ether oxygens (including phenoxy) is 3. The van der Waals surface area contributed by atoms with E-state index >= 15 is 0 Å². The Bertz CT molecular complexity index is 802. The fourth-order valence-corrected chi connectivity index (χ4v) is 2.70. The number of quaternary nitrogens is 1. The lowest BCUT2D eigenvalue weighted by molar-refractivity contribution is -0.907. The van der Waals surface area contributed by atoms with Crippen molar-refractivity contribution < 1.29 is 32.7 Å². The molecule has 2 atom stereocenters. The van der Waals surface area contributed by atoms with Crippen molar-refractivity contribution in [2.75, 3.05) is 26.6 Å². The lowest BCUT2D eigenvalue weighted by Gasteiger charge is -2.22. The van der Waals surface area contributed by atoms with Crippen molar-refractivity contribution >= 4 is 11.6 Å². The molecule has 0 bridgehead atoms. The number of methoxy groups -OCH3 is 2. The molecule has 0 aliphatic carbocycles. The Morgan fingerprint density at radius 3 is 2.39 bits per heavy atom. The van der Waals surface area contributed by atoms with Crippen LogP contribution in [0.3, 0.4) is 0 Å². The van der Waals surface area contributed by atoms with Crippen LogP contribution in [-0.2, 0) is 11.3 Å². The zero-order chi connectivity index (χ0) is 20.7. The minimum Gasteiger partial charge on any atom is -0.495 e. The fraction of sp³-hybridized carbons (Fsp3) is 0.350. The molecule has 0 heterocycles. The Kier molecular flexibility index (Phi) is 7.57. The van der Waals surface area contributed by atoms with Gasteiger partial charge in [-0.1, -0.05) is 12.1 Å². The predicted octanol–water partition coefficient (Wildman–Crippen LogP) is 2.35. The van der Waals surface area contributed by atoms with E-state index in [1.165, 1.54) is 13.2 Å². The zero-order valence-corrected chi connectivity index (χ0v) is 16.3. The molecular weight excluding hydrogens is 370 g/mol. The van der Waals surface area contributed by atoms with Gasteiger partial charge in [-0.15, -0.1) is 0 Å². The number of halogens is 2. The molecule has 0 aliphatic heterocycles. The molecule has 8 heteroatoms. The molecule has 0 aliphatic rings. The highest BCUT2D eigenvalue weighted by Crippen LogP contribution is 2.29. The molecule has 0 saturated heterocycles. The summed E-state index contributed by atoms with van der Waals surface area (Å²) in [4.78, 5) is 13.5. The number of carbonyl (C=O) groups is 1. The van der Waals surface area contributed by atoms with Crippen molar-refractivity contribution in [3.05, 3.63) is 48.0 Å². The van der Waals surface area contributed by atoms with E-state index in [9.17, 15) is 13.6 Å². The third-order valence-corrected chi connectivity index (χ3v) is 4.42. The summed E-state index contributed by atoms with van der Waals surface area (Å²) in [5, 5.41) is 2.87. The average molecular weight is 395 g/mol. The number of benzene rings is 2. The van der Waals surface area contributed by atoms with Crippen molar-refractivity contribution in [2.24, 2.45) is 0 Å². The number of carbonyl (C=O) groups excluding carboxylic acids is 1. The van der Waals surface area contributed by atoms with Gasteiger partial charge in [-0.05, 0) is 37.3 Å². The van der Waals surface area contributed by atoms with Gasteiger partial charge in [-0.25, -0.2) is 0 Å². The summed E-state index contributed by atoms with van der Waals surface area (Å²) in [6, 6.07) is 11.6. The lowest BCUT2D eigenvalue weighted by atomic mass is 10.1. The Balaban J connectivity index is 2.05. The Hall–Kier alpha value is -2.87. The molecule has 152 valence electrons. The fourth-order valence-electron chi connectivity index (χ4n) is 2.70. The van der Waals surface area contributed by atoms with Crippen LogP contribution in [0.25, 0.3) is 0 Å². The van der Waals surface area contributed by atoms with Gasteiger partial charge in [-0.3, -0.25) is 4.79 Å². The molecule has 6 nitrogen and oxygen atoms in total. The highest BCUT2D eigenvalue weighted by atomic mass is 19.3. The van der Waals surface area contributed by atoms with Gasteiger partial charge in [0.15, 0.2) is 17.5 Å². The van der Waals surface area contributed by atoms with E-state index in [0.29, 0.717) is 18.0 Å². The largest absolute Gasteiger partial charge is 0.495 e. The molecule has 2 N–H and O–H groups in total. The van der Waals surface area contributed by atoms with Crippen molar-refractivity contribution in [3.63, 3.8) is 0 Å². The summed E-state index contributed by atoms with van der Waals surface area (Å²) in [6.07, 6.45) is 0. The number of likely N-dealkylation sites (N-methyl/N-ethyl adjacent to an activating group) is 1.